The topological polar surface area (TPSA) is 92.3 Å². The number of rotatable bonds is 7. The molecule has 0 unspecified atom stereocenters. The quantitative estimate of drug-likeness (QED) is 0.590. The molecule has 150 valence electrons. The molecule has 1 fully saturated rings. The van der Waals surface area contributed by atoms with Gasteiger partial charge in [-0.15, -0.1) is 0 Å². The summed E-state index contributed by atoms with van der Waals surface area (Å²) in [6, 6.07) is 9.70. The van der Waals surface area contributed by atoms with Crippen molar-refractivity contribution in [2.24, 2.45) is 0 Å². The fourth-order valence-electron chi connectivity index (χ4n) is 3.28. The summed E-state index contributed by atoms with van der Waals surface area (Å²) in [5, 5.41) is 7.25. The lowest BCUT2D eigenvalue weighted by Gasteiger charge is -2.25. The fraction of sp³-hybridized carbons (Fsp3) is 0.333. The number of carbonyl (C=O) groups is 1. The predicted molar refractivity (Wildman–Crippen MR) is 112 cm³/mol. The number of nitrogens with zero attached hydrogens (tertiary/aromatic N) is 4. The van der Waals surface area contributed by atoms with Crippen molar-refractivity contribution in [3.8, 4) is 11.3 Å². The first kappa shape index (κ1) is 19.2. The zero-order chi connectivity index (χ0) is 19.9. The van der Waals surface area contributed by atoms with Gasteiger partial charge in [0, 0.05) is 55.7 Å². The summed E-state index contributed by atoms with van der Waals surface area (Å²) in [5.41, 5.74) is 2.68. The van der Waals surface area contributed by atoms with Crippen LogP contribution in [-0.4, -0.2) is 71.7 Å². The molecule has 4 heterocycles. The largest absolute Gasteiger partial charge is 0.379 e. The van der Waals surface area contributed by atoms with Gasteiger partial charge < -0.3 is 15.4 Å². The highest BCUT2D eigenvalue weighted by Crippen LogP contribution is 2.26. The summed E-state index contributed by atoms with van der Waals surface area (Å²) < 4.78 is 5.31. The van der Waals surface area contributed by atoms with E-state index in [9.17, 15) is 4.79 Å². The maximum atomic E-state index is 12.1. The Kier molecular flexibility index (Phi) is 6.23. The highest BCUT2D eigenvalue weighted by Gasteiger charge is 2.14. The van der Waals surface area contributed by atoms with Gasteiger partial charge in [0.1, 0.15) is 5.82 Å². The lowest BCUT2D eigenvalue weighted by molar-refractivity contribution is -0.123. The maximum absolute atomic E-state index is 12.1. The molecule has 0 spiro atoms. The molecule has 3 aromatic heterocycles. The van der Waals surface area contributed by atoms with Gasteiger partial charge in [0.25, 0.3) is 0 Å². The lowest BCUT2D eigenvalue weighted by atomic mass is 10.1. The Hall–Kier alpha value is -3.10. The Bertz CT molecular complexity index is 960. The number of amides is 1. The van der Waals surface area contributed by atoms with Gasteiger partial charge in [-0.05, 0) is 30.3 Å². The van der Waals surface area contributed by atoms with Gasteiger partial charge >= 0.3 is 0 Å². The summed E-state index contributed by atoms with van der Waals surface area (Å²) >= 11 is 0. The number of morpholine rings is 1. The number of nitrogens with one attached hydrogen (secondary N) is 2. The molecule has 2 N–H and O–H groups in total. The van der Waals surface area contributed by atoms with Crippen molar-refractivity contribution in [3.63, 3.8) is 0 Å². The second-order valence-electron chi connectivity index (χ2n) is 6.83. The summed E-state index contributed by atoms with van der Waals surface area (Å²) in [6.07, 6.45) is 5.27. The van der Waals surface area contributed by atoms with E-state index in [-0.39, 0.29) is 5.91 Å². The number of aromatic nitrogens is 3. The Morgan fingerprint density at radius 3 is 2.76 bits per heavy atom. The average molecular weight is 392 g/mol. The van der Waals surface area contributed by atoms with E-state index in [1.807, 2.05) is 30.3 Å². The molecule has 0 saturated carbocycles. The number of anilines is 1. The van der Waals surface area contributed by atoms with Gasteiger partial charge in [0.05, 0.1) is 31.0 Å². The minimum atomic E-state index is 0.0266. The third-order valence-electron chi connectivity index (χ3n) is 4.79. The van der Waals surface area contributed by atoms with E-state index < -0.39 is 0 Å². The van der Waals surface area contributed by atoms with Crippen molar-refractivity contribution in [1.29, 1.82) is 0 Å². The van der Waals surface area contributed by atoms with Crippen LogP contribution in [0.25, 0.3) is 22.2 Å². The molecule has 0 aromatic carbocycles. The van der Waals surface area contributed by atoms with E-state index in [0.29, 0.717) is 32.8 Å². The number of carbonyl (C=O) groups excluding carboxylic acids is 1. The minimum Gasteiger partial charge on any atom is -0.379 e. The van der Waals surface area contributed by atoms with Crippen LogP contribution in [0.3, 0.4) is 0 Å². The molecular formula is C21H24N6O2. The molecule has 1 aliphatic rings. The smallest absolute Gasteiger partial charge is 0.234 e. The van der Waals surface area contributed by atoms with E-state index in [0.717, 1.165) is 41.1 Å². The van der Waals surface area contributed by atoms with E-state index in [1.165, 1.54) is 0 Å². The first-order chi connectivity index (χ1) is 14.3. The zero-order valence-electron chi connectivity index (χ0n) is 16.2. The first-order valence-corrected chi connectivity index (χ1v) is 9.76. The second kappa shape index (κ2) is 9.40. The van der Waals surface area contributed by atoms with Crippen molar-refractivity contribution in [2.45, 2.75) is 0 Å². The molecular weight excluding hydrogens is 368 g/mol. The molecule has 0 aliphatic carbocycles. The maximum Gasteiger partial charge on any atom is 0.234 e. The standard InChI is InChI=1S/C21H24N6O2/c28-20(15-27-10-12-29-13-11-27)24-8-9-25-21-17-2-1-5-23-19(17)14-18(26-21)16-3-6-22-7-4-16/h1-7,14H,8-13,15H2,(H,24,28)(H,25,26). The monoisotopic (exact) mass is 392 g/mol. The Balaban J connectivity index is 1.39. The van der Waals surface area contributed by atoms with Gasteiger partial charge in [0.15, 0.2) is 0 Å². The van der Waals surface area contributed by atoms with Crippen LogP contribution in [-0.2, 0) is 9.53 Å². The van der Waals surface area contributed by atoms with Gasteiger partial charge in [-0.2, -0.15) is 0 Å². The van der Waals surface area contributed by atoms with Crippen LogP contribution < -0.4 is 10.6 Å². The summed E-state index contributed by atoms with van der Waals surface area (Å²) in [6.45, 7) is 4.49. The Morgan fingerprint density at radius 2 is 1.93 bits per heavy atom. The molecule has 8 nitrogen and oxygen atoms in total. The summed E-state index contributed by atoms with van der Waals surface area (Å²) in [7, 11) is 0. The van der Waals surface area contributed by atoms with Gasteiger partial charge in [0.2, 0.25) is 5.91 Å². The van der Waals surface area contributed by atoms with Crippen molar-refractivity contribution in [2.75, 3.05) is 51.3 Å². The molecule has 3 aromatic rings. The first-order valence-electron chi connectivity index (χ1n) is 9.76. The van der Waals surface area contributed by atoms with E-state index in [2.05, 4.69) is 25.5 Å². The van der Waals surface area contributed by atoms with Crippen LogP contribution in [0.4, 0.5) is 5.82 Å². The van der Waals surface area contributed by atoms with Gasteiger partial charge in [-0.3, -0.25) is 19.7 Å². The molecule has 29 heavy (non-hydrogen) atoms. The van der Waals surface area contributed by atoms with Gasteiger partial charge in [-0.25, -0.2) is 4.98 Å². The Labute approximate surface area is 169 Å². The predicted octanol–water partition coefficient (Wildman–Crippen LogP) is 1.55. The number of fused-ring (bicyclic) bond motifs is 1. The number of hydrogen-bond acceptors (Lipinski definition) is 7. The average Bonchev–Trinajstić information content (AvgIpc) is 2.78. The highest BCUT2D eigenvalue weighted by atomic mass is 16.5. The number of ether oxygens (including phenoxy) is 1. The zero-order valence-corrected chi connectivity index (χ0v) is 16.2. The van der Waals surface area contributed by atoms with Gasteiger partial charge in [-0.1, -0.05) is 0 Å². The van der Waals surface area contributed by atoms with Crippen molar-refractivity contribution in [3.05, 3.63) is 48.9 Å². The second-order valence-corrected chi connectivity index (χ2v) is 6.83. The summed E-state index contributed by atoms with van der Waals surface area (Å²) in [5.74, 6) is 0.781. The van der Waals surface area contributed by atoms with E-state index in [4.69, 9.17) is 9.72 Å². The van der Waals surface area contributed by atoms with Crippen molar-refractivity contribution in [1.82, 2.24) is 25.2 Å². The molecule has 0 radical (unpaired) electrons. The van der Waals surface area contributed by atoms with Crippen LogP contribution >= 0.6 is 0 Å². The normalized spacial score (nSPS) is 14.6. The van der Waals surface area contributed by atoms with Crippen LogP contribution in [0.5, 0.6) is 0 Å². The molecule has 0 atom stereocenters. The Morgan fingerprint density at radius 1 is 1.10 bits per heavy atom. The van der Waals surface area contributed by atoms with E-state index in [1.54, 1.807) is 18.6 Å². The summed E-state index contributed by atoms with van der Waals surface area (Å²) in [4.78, 5) is 27.5. The van der Waals surface area contributed by atoms with Crippen LogP contribution in [0.1, 0.15) is 0 Å². The van der Waals surface area contributed by atoms with E-state index >= 15 is 0 Å². The number of pyridine rings is 3. The van der Waals surface area contributed by atoms with Crippen molar-refractivity contribution >= 4 is 22.6 Å². The van der Waals surface area contributed by atoms with Crippen LogP contribution in [0.15, 0.2) is 48.9 Å². The minimum absolute atomic E-state index is 0.0266. The third kappa shape index (κ3) is 5.04. The SMILES string of the molecule is O=C(CN1CCOCC1)NCCNc1nc(-c2ccncc2)cc2ncccc12. The number of hydrogen-bond donors (Lipinski definition) is 2. The highest BCUT2D eigenvalue weighted by molar-refractivity contribution is 5.91. The molecule has 1 amide bonds. The molecule has 1 aliphatic heterocycles. The molecule has 4 rings (SSSR count). The molecule has 0 bridgehead atoms. The third-order valence-corrected chi connectivity index (χ3v) is 4.79. The lowest BCUT2D eigenvalue weighted by Crippen LogP contribution is -2.43. The van der Waals surface area contributed by atoms with Crippen molar-refractivity contribution < 1.29 is 9.53 Å². The fourth-order valence-corrected chi connectivity index (χ4v) is 3.28. The molecule has 8 heteroatoms. The van der Waals surface area contributed by atoms with Crippen LogP contribution in [0, 0.1) is 0 Å². The van der Waals surface area contributed by atoms with Crippen LogP contribution in [0.2, 0.25) is 0 Å². The molecule has 1 saturated heterocycles.